The number of ether oxygens (including phenoxy) is 1. The number of benzene rings is 2. The first-order valence-corrected chi connectivity index (χ1v) is 10.1. The lowest BCUT2D eigenvalue weighted by molar-refractivity contribution is -0.116. The molecule has 1 aliphatic rings. The van der Waals surface area contributed by atoms with E-state index in [-0.39, 0.29) is 5.91 Å². The Kier molecular flexibility index (Phi) is 6.93. The van der Waals surface area contributed by atoms with E-state index in [1.807, 2.05) is 37.3 Å². The third-order valence-corrected chi connectivity index (χ3v) is 5.26. The first kappa shape index (κ1) is 20.2. The number of aryl methyl sites for hydroxylation is 2. The highest BCUT2D eigenvalue weighted by Gasteiger charge is 2.18. The number of rotatable bonds is 7. The van der Waals surface area contributed by atoms with E-state index in [2.05, 4.69) is 41.1 Å². The molecule has 0 aromatic heterocycles. The standard InChI is InChI=1S/C23H31N3O2/c1-4-25-12-14-26(15-13-25)21-8-6-5-7-20(21)24-23(27)11-16-28-22-10-9-18(2)17-19(22)3/h5-10,17H,4,11-16H2,1-3H3,(H,24,27). The van der Waals surface area contributed by atoms with Gasteiger partial charge in [0.1, 0.15) is 5.75 Å². The van der Waals surface area contributed by atoms with E-state index in [0.717, 1.165) is 55.4 Å². The van der Waals surface area contributed by atoms with Gasteiger partial charge in [-0.25, -0.2) is 0 Å². The van der Waals surface area contributed by atoms with Gasteiger partial charge in [0.05, 0.1) is 24.4 Å². The fraction of sp³-hybridized carbons (Fsp3) is 0.435. The molecule has 1 heterocycles. The van der Waals surface area contributed by atoms with Gasteiger partial charge in [0.25, 0.3) is 0 Å². The van der Waals surface area contributed by atoms with Crippen LogP contribution >= 0.6 is 0 Å². The Bertz CT molecular complexity index is 798. The predicted molar refractivity (Wildman–Crippen MR) is 115 cm³/mol. The van der Waals surface area contributed by atoms with Crippen LogP contribution in [0.1, 0.15) is 24.5 Å². The summed E-state index contributed by atoms with van der Waals surface area (Å²) in [4.78, 5) is 17.3. The van der Waals surface area contributed by atoms with Crippen LogP contribution in [0.5, 0.6) is 5.75 Å². The summed E-state index contributed by atoms with van der Waals surface area (Å²) in [6.07, 6.45) is 0.325. The zero-order valence-electron chi connectivity index (χ0n) is 17.2. The van der Waals surface area contributed by atoms with E-state index in [0.29, 0.717) is 13.0 Å². The summed E-state index contributed by atoms with van der Waals surface area (Å²) in [5.41, 5.74) is 4.28. The summed E-state index contributed by atoms with van der Waals surface area (Å²) >= 11 is 0. The molecular weight excluding hydrogens is 350 g/mol. The van der Waals surface area contributed by atoms with Crippen molar-refractivity contribution in [3.8, 4) is 5.75 Å². The van der Waals surface area contributed by atoms with Gasteiger partial charge in [-0.1, -0.05) is 36.8 Å². The van der Waals surface area contributed by atoms with Gasteiger partial charge in [-0.05, 0) is 44.2 Å². The van der Waals surface area contributed by atoms with Crippen LogP contribution in [0.15, 0.2) is 42.5 Å². The maximum atomic E-state index is 12.5. The Hall–Kier alpha value is -2.53. The maximum absolute atomic E-state index is 12.5. The van der Waals surface area contributed by atoms with E-state index < -0.39 is 0 Å². The number of nitrogens with zero attached hydrogens (tertiary/aromatic N) is 2. The molecule has 0 aliphatic carbocycles. The summed E-state index contributed by atoms with van der Waals surface area (Å²) in [6, 6.07) is 14.1. The number of carbonyl (C=O) groups is 1. The summed E-state index contributed by atoms with van der Waals surface area (Å²) in [6.45, 7) is 11.8. The number of nitrogens with one attached hydrogen (secondary N) is 1. The first-order chi connectivity index (χ1) is 13.6. The fourth-order valence-corrected chi connectivity index (χ4v) is 3.59. The van der Waals surface area contributed by atoms with Crippen molar-refractivity contribution in [1.82, 2.24) is 4.90 Å². The minimum absolute atomic E-state index is 0.0237. The SMILES string of the molecule is CCN1CCN(c2ccccc2NC(=O)CCOc2ccc(C)cc2C)CC1. The molecule has 0 spiro atoms. The molecule has 0 unspecified atom stereocenters. The van der Waals surface area contributed by atoms with Crippen molar-refractivity contribution in [2.45, 2.75) is 27.2 Å². The number of anilines is 2. The van der Waals surface area contributed by atoms with Crippen LogP contribution in [0.4, 0.5) is 11.4 Å². The summed E-state index contributed by atoms with van der Waals surface area (Å²) in [5, 5.41) is 3.07. The van der Waals surface area contributed by atoms with Gasteiger partial charge in [-0.2, -0.15) is 0 Å². The maximum Gasteiger partial charge on any atom is 0.227 e. The van der Waals surface area contributed by atoms with Crippen molar-refractivity contribution in [2.24, 2.45) is 0 Å². The van der Waals surface area contributed by atoms with Gasteiger partial charge < -0.3 is 19.9 Å². The van der Waals surface area contributed by atoms with Crippen LogP contribution in [0.2, 0.25) is 0 Å². The normalized spacial score (nSPS) is 14.8. The second-order valence-electron chi connectivity index (χ2n) is 7.35. The molecule has 1 saturated heterocycles. The van der Waals surface area contributed by atoms with Crippen molar-refractivity contribution in [3.05, 3.63) is 53.6 Å². The number of amides is 1. The van der Waals surface area contributed by atoms with E-state index in [1.54, 1.807) is 0 Å². The van der Waals surface area contributed by atoms with Crippen molar-refractivity contribution >= 4 is 17.3 Å². The van der Waals surface area contributed by atoms with Crippen LogP contribution in [0.3, 0.4) is 0 Å². The van der Waals surface area contributed by atoms with Gasteiger partial charge in [0, 0.05) is 26.2 Å². The molecule has 0 saturated carbocycles. The Labute approximate surface area is 168 Å². The summed E-state index contributed by atoms with van der Waals surface area (Å²) in [5.74, 6) is 0.817. The molecule has 5 nitrogen and oxygen atoms in total. The molecule has 1 aliphatic heterocycles. The molecule has 0 radical (unpaired) electrons. The average molecular weight is 382 g/mol. The number of para-hydroxylation sites is 2. The van der Waals surface area contributed by atoms with Crippen molar-refractivity contribution in [1.29, 1.82) is 0 Å². The lowest BCUT2D eigenvalue weighted by Crippen LogP contribution is -2.46. The highest BCUT2D eigenvalue weighted by atomic mass is 16.5. The zero-order valence-corrected chi connectivity index (χ0v) is 17.2. The molecule has 150 valence electrons. The minimum atomic E-state index is -0.0237. The number of carbonyl (C=O) groups excluding carboxylic acids is 1. The number of hydrogen-bond donors (Lipinski definition) is 1. The Morgan fingerprint density at radius 1 is 1.07 bits per heavy atom. The molecule has 3 rings (SSSR count). The molecule has 0 atom stereocenters. The van der Waals surface area contributed by atoms with E-state index in [4.69, 9.17) is 4.74 Å². The zero-order chi connectivity index (χ0) is 19.9. The molecule has 28 heavy (non-hydrogen) atoms. The quantitative estimate of drug-likeness (QED) is 0.791. The van der Waals surface area contributed by atoms with Gasteiger partial charge in [0.15, 0.2) is 0 Å². The number of piperazine rings is 1. The van der Waals surface area contributed by atoms with E-state index in [9.17, 15) is 4.79 Å². The van der Waals surface area contributed by atoms with Crippen LogP contribution in [-0.4, -0.2) is 50.1 Å². The summed E-state index contributed by atoms with van der Waals surface area (Å²) < 4.78 is 5.79. The van der Waals surface area contributed by atoms with Gasteiger partial charge in [0.2, 0.25) is 5.91 Å². The largest absolute Gasteiger partial charge is 0.493 e. The van der Waals surface area contributed by atoms with Crippen LogP contribution in [0, 0.1) is 13.8 Å². The second-order valence-corrected chi connectivity index (χ2v) is 7.35. The first-order valence-electron chi connectivity index (χ1n) is 10.1. The van der Waals surface area contributed by atoms with Crippen molar-refractivity contribution in [3.63, 3.8) is 0 Å². The summed E-state index contributed by atoms with van der Waals surface area (Å²) in [7, 11) is 0. The Morgan fingerprint density at radius 3 is 2.54 bits per heavy atom. The molecule has 1 amide bonds. The fourth-order valence-electron chi connectivity index (χ4n) is 3.59. The molecule has 2 aromatic carbocycles. The lowest BCUT2D eigenvalue weighted by atomic mass is 10.1. The van der Waals surface area contributed by atoms with Crippen LogP contribution < -0.4 is 15.0 Å². The third-order valence-electron chi connectivity index (χ3n) is 5.26. The minimum Gasteiger partial charge on any atom is -0.493 e. The van der Waals surface area contributed by atoms with Gasteiger partial charge in [-0.3, -0.25) is 4.79 Å². The van der Waals surface area contributed by atoms with Crippen LogP contribution in [-0.2, 0) is 4.79 Å². The van der Waals surface area contributed by atoms with E-state index in [1.165, 1.54) is 5.56 Å². The number of hydrogen-bond acceptors (Lipinski definition) is 4. The highest BCUT2D eigenvalue weighted by Crippen LogP contribution is 2.27. The third kappa shape index (κ3) is 5.26. The van der Waals surface area contributed by atoms with E-state index >= 15 is 0 Å². The number of likely N-dealkylation sites (N-methyl/N-ethyl adjacent to an activating group) is 1. The lowest BCUT2D eigenvalue weighted by Gasteiger charge is -2.36. The molecule has 2 aromatic rings. The topological polar surface area (TPSA) is 44.8 Å². The van der Waals surface area contributed by atoms with Gasteiger partial charge in [-0.15, -0.1) is 0 Å². The van der Waals surface area contributed by atoms with Crippen molar-refractivity contribution < 1.29 is 9.53 Å². The molecule has 5 heteroatoms. The molecule has 0 bridgehead atoms. The second kappa shape index (κ2) is 9.60. The highest BCUT2D eigenvalue weighted by molar-refractivity contribution is 5.94. The Morgan fingerprint density at radius 2 is 1.82 bits per heavy atom. The monoisotopic (exact) mass is 381 g/mol. The predicted octanol–water partition coefficient (Wildman–Crippen LogP) is 3.85. The molecular formula is C23H31N3O2. The smallest absolute Gasteiger partial charge is 0.227 e. The molecule has 1 fully saturated rings. The average Bonchev–Trinajstić information content (AvgIpc) is 2.70. The van der Waals surface area contributed by atoms with Crippen LogP contribution in [0.25, 0.3) is 0 Å². The Balaban J connectivity index is 1.54. The van der Waals surface area contributed by atoms with Gasteiger partial charge >= 0.3 is 0 Å². The molecule has 1 N–H and O–H groups in total. The van der Waals surface area contributed by atoms with Crippen molar-refractivity contribution in [2.75, 3.05) is 49.5 Å².